The van der Waals surface area contributed by atoms with E-state index in [0.717, 1.165) is 47.4 Å². The number of allylic oxidation sites excluding steroid dienone is 7. The average molecular weight is 420 g/mol. The van der Waals surface area contributed by atoms with Crippen molar-refractivity contribution >= 4 is 28.8 Å². The maximum absolute atomic E-state index is 11.3. The van der Waals surface area contributed by atoms with E-state index in [1.807, 2.05) is 12.3 Å². The van der Waals surface area contributed by atoms with Gasteiger partial charge in [-0.3, -0.25) is 4.79 Å². The first-order chi connectivity index (χ1) is 15.0. The number of rotatable bonds is 5. The Morgan fingerprint density at radius 1 is 1.39 bits per heavy atom. The second kappa shape index (κ2) is 8.79. The number of piperidine rings is 1. The molecule has 0 unspecified atom stereocenters. The predicted octanol–water partition coefficient (Wildman–Crippen LogP) is 4.24. The van der Waals surface area contributed by atoms with Gasteiger partial charge in [-0.2, -0.15) is 9.61 Å². The van der Waals surface area contributed by atoms with Crippen LogP contribution in [0, 0.1) is 5.92 Å². The van der Waals surface area contributed by atoms with Crippen LogP contribution in [0.4, 0.5) is 11.6 Å². The fourth-order valence-electron chi connectivity index (χ4n) is 4.21. The van der Waals surface area contributed by atoms with Gasteiger partial charge in [-0.1, -0.05) is 31.7 Å². The summed E-state index contributed by atoms with van der Waals surface area (Å²) in [5.74, 6) is 0.268. The Balaban J connectivity index is 1.72. The molecule has 2 aliphatic rings. The van der Waals surface area contributed by atoms with E-state index in [9.17, 15) is 9.90 Å². The highest BCUT2D eigenvalue weighted by molar-refractivity contribution is 5.84. The SMILES string of the molecule is C=C1CCC=CC1=CC(=CCC)c1cnn2c(N)cc(N3CCC(C(=O)O)CC3)nc12. The Hall–Kier alpha value is -3.35. The number of carbonyl (C=O) groups is 1. The summed E-state index contributed by atoms with van der Waals surface area (Å²) in [5, 5.41) is 13.7. The lowest BCUT2D eigenvalue weighted by molar-refractivity contribution is -0.142. The maximum Gasteiger partial charge on any atom is 0.306 e. The zero-order chi connectivity index (χ0) is 22.0. The van der Waals surface area contributed by atoms with Crippen LogP contribution in [0.2, 0.25) is 0 Å². The van der Waals surface area contributed by atoms with E-state index in [2.05, 4.69) is 47.8 Å². The molecule has 0 amide bonds. The number of hydrogen-bond donors (Lipinski definition) is 2. The van der Waals surface area contributed by atoms with Gasteiger partial charge in [0.15, 0.2) is 5.65 Å². The summed E-state index contributed by atoms with van der Waals surface area (Å²) in [5.41, 5.74) is 11.3. The van der Waals surface area contributed by atoms with Crippen LogP contribution in [0.3, 0.4) is 0 Å². The molecule has 0 atom stereocenters. The summed E-state index contributed by atoms with van der Waals surface area (Å²) in [7, 11) is 0. The van der Waals surface area contributed by atoms with E-state index >= 15 is 0 Å². The van der Waals surface area contributed by atoms with Crippen molar-refractivity contribution in [2.24, 2.45) is 5.92 Å². The van der Waals surface area contributed by atoms with Gasteiger partial charge >= 0.3 is 5.97 Å². The first-order valence-corrected chi connectivity index (χ1v) is 10.9. The van der Waals surface area contributed by atoms with E-state index in [0.29, 0.717) is 37.4 Å². The molecule has 31 heavy (non-hydrogen) atoms. The van der Waals surface area contributed by atoms with Crippen LogP contribution in [0.5, 0.6) is 0 Å². The normalized spacial score (nSPS) is 19.5. The van der Waals surface area contributed by atoms with Crippen molar-refractivity contribution < 1.29 is 9.90 Å². The van der Waals surface area contributed by atoms with E-state index in [1.165, 1.54) is 0 Å². The standard InChI is InChI=1S/C24H29N5O2/c1-3-6-19(13-18-8-5-4-7-16(18)2)20-15-26-29-21(25)14-22(27-23(20)29)28-11-9-17(10-12-28)24(30)31/h5-6,8,13-15,17H,2-4,7,9-12,25H2,1H3,(H,30,31). The molecule has 0 radical (unpaired) electrons. The summed E-state index contributed by atoms with van der Waals surface area (Å²) in [6.45, 7) is 7.61. The predicted molar refractivity (Wildman–Crippen MR) is 124 cm³/mol. The number of nitrogens with two attached hydrogens (primary N) is 1. The topological polar surface area (TPSA) is 96.8 Å². The number of fused-ring (bicyclic) bond motifs is 1. The minimum absolute atomic E-state index is 0.287. The molecule has 0 saturated carbocycles. The van der Waals surface area contributed by atoms with Gasteiger partial charge in [0.25, 0.3) is 0 Å². The highest BCUT2D eigenvalue weighted by Crippen LogP contribution is 2.30. The molecular formula is C24H29N5O2. The van der Waals surface area contributed by atoms with Crippen LogP contribution in [-0.4, -0.2) is 38.8 Å². The molecule has 162 valence electrons. The number of anilines is 2. The summed E-state index contributed by atoms with van der Waals surface area (Å²) >= 11 is 0. The highest BCUT2D eigenvalue weighted by atomic mass is 16.4. The molecule has 2 aromatic heterocycles. The second-order valence-electron chi connectivity index (χ2n) is 8.14. The number of aliphatic carboxylic acids is 1. The number of carboxylic acids is 1. The Morgan fingerprint density at radius 2 is 2.16 bits per heavy atom. The number of hydrogen-bond acceptors (Lipinski definition) is 5. The number of carboxylic acid groups (broad SMARTS) is 1. The number of nitrogens with zero attached hydrogens (tertiary/aromatic N) is 4. The minimum Gasteiger partial charge on any atom is -0.481 e. The van der Waals surface area contributed by atoms with Crippen molar-refractivity contribution in [2.45, 2.75) is 39.0 Å². The average Bonchev–Trinajstić information content (AvgIpc) is 3.19. The van der Waals surface area contributed by atoms with Gasteiger partial charge in [0.1, 0.15) is 11.6 Å². The Kier molecular flexibility index (Phi) is 5.93. The smallest absolute Gasteiger partial charge is 0.306 e. The highest BCUT2D eigenvalue weighted by Gasteiger charge is 2.26. The third-order valence-corrected chi connectivity index (χ3v) is 6.02. The Labute approximate surface area is 182 Å². The summed E-state index contributed by atoms with van der Waals surface area (Å²) in [4.78, 5) is 18.3. The van der Waals surface area contributed by atoms with Gasteiger partial charge in [-0.15, -0.1) is 0 Å². The van der Waals surface area contributed by atoms with E-state index in [-0.39, 0.29) is 5.92 Å². The fraction of sp³-hybridized carbons (Fsp3) is 0.375. The van der Waals surface area contributed by atoms with Crippen LogP contribution in [0.15, 0.2) is 54.3 Å². The number of aromatic nitrogens is 3. The van der Waals surface area contributed by atoms with Gasteiger partial charge in [0.2, 0.25) is 0 Å². The van der Waals surface area contributed by atoms with Crippen LogP contribution < -0.4 is 10.6 Å². The molecule has 3 N–H and O–H groups in total. The quantitative estimate of drug-likeness (QED) is 0.752. The third kappa shape index (κ3) is 4.26. The Bertz CT molecular complexity index is 1100. The van der Waals surface area contributed by atoms with Crippen LogP contribution in [0.1, 0.15) is 44.6 Å². The van der Waals surface area contributed by atoms with Gasteiger partial charge in [0.05, 0.1) is 12.1 Å². The van der Waals surface area contributed by atoms with Crippen molar-refractivity contribution in [3.8, 4) is 0 Å². The van der Waals surface area contributed by atoms with Crippen molar-refractivity contribution in [3.05, 3.63) is 59.9 Å². The van der Waals surface area contributed by atoms with Crippen molar-refractivity contribution in [3.63, 3.8) is 0 Å². The first kappa shape index (κ1) is 20.9. The molecule has 2 aromatic rings. The lowest BCUT2D eigenvalue weighted by atomic mass is 9.93. The van der Waals surface area contributed by atoms with Gasteiger partial charge in [-0.25, -0.2) is 4.98 Å². The lowest BCUT2D eigenvalue weighted by Gasteiger charge is -2.31. The minimum atomic E-state index is -0.721. The molecule has 3 heterocycles. The van der Waals surface area contributed by atoms with Gasteiger partial charge in [0, 0.05) is 24.7 Å². The second-order valence-corrected chi connectivity index (χ2v) is 8.14. The molecule has 4 rings (SSSR count). The summed E-state index contributed by atoms with van der Waals surface area (Å²) < 4.78 is 1.66. The molecule has 7 nitrogen and oxygen atoms in total. The molecular weight excluding hydrogens is 390 g/mol. The van der Waals surface area contributed by atoms with Crippen LogP contribution >= 0.6 is 0 Å². The maximum atomic E-state index is 11.3. The van der Waals surface area contributed by atoms with E-state index < -0.39 is 5.97 Å². The molecule has 1 fully saturated rings. The summed E-state index contributed by atoms with van der Waals surface area (Å²) in [6.07, 6.45) is 14.5. The van der Waals surface area contributed by atoms with Gasteiger partial charge in [-0.05, 0) is 54.9 Å². The lowest BCUT2D eigenvalue weighted by Crippen LogP contribution is -2.36. The van der Waals surface area contributed by atoms with E-state index in [1.54, 1.807) is 4.52 Å². The van der Waals surface area contributed by atoms with E-state index in [4.69, 9.17) is 10.7 Å². The van der Waals surface area contributed by atoms with Crippen molar-refractivity contribution in [1.82, 2.24) is 14.6 Å². The van der Waals surface area contributed by atoms with Crippen LogP contribution in [0.25, 0.3) is 11.2 Å². The Morgan fingerprint density at radius 3 is 2.84 bits per heavy atom. The molecule has 1 saturated heterocycles. The third-order valence-electron chi connectivity index (χ3n) is 6.02. The van der Waals surface area contributed by atoms with Gasteiger partial charge < -0.3 is 15.7 Å². The molecule has 0 spiro atoms. The van der Waals surface area contributed by atoms with Crippen LogP contribution in [-0.2, 0) is 4.79 Å². The largest absolute Gasteiger partial charge is 0.481 e. The molecule has 0 aromatic carbocycles. The summed E-state index contributed by atoms with van der Waals surface area (Å²) in [6, 6.07) is 1.82. The zero-order valence-electron chi connectivity index (χ0n) is 17.9. The molecule has 7 heteroatoms. The zero-order valence-corrected chi connectivity index (χ0v) is 17.9. The first-order valence-electron chi connectivity index (χ1n) is 10.9. The monoisotopic (exact) mass is 419 g/mol. The molecule has 1 aliphatic carbocycles. The van der Waals surface area contributed by atoms with Crippen molar-refractivity contribution in [2.75, 3.05) is 23.7 Å². The fourth-order valence-corrected chi connectivity index (χ4v) is 4.21. The molecule has 0 bridgehead atoms. The number of nitrogen functional groups attached to an aromatic ring is 1. The molecule has 1 aliphatic heterocycles. The van der Waals surface area contributed by atoms with Crippen molar-refractivity contribution in [1.29, 1.82) is 0 Å².